The van der Waals surface area contributed by atoms with Crippen molar-refractivity contribution in [2.24, 2.45) is 5.73 Å². The molecule has 0 heterocycles. The third-order valence-electron chi connectivity index (χ3n) is 1.91. The van der Waals surface area contributed by atoms with Gasteiger partial charge in [0.2, 0.25) is 0 Å². The van der Waals surface area contributed by atoms with Crippen molar-refractivity contribution in [1.29, 1.82) is 0 Å². The summed E-state index contributed by atoms with van der Waals surface area (Å²) in [7, 11) is 0. The summed E-state index contributed by atoms with van der Waals surface area (Å²) >= 11 is 5.91. The molecular weight excluding hydrogens is 228 g/mol. The molecule has 0 saturated heterocycles. The summed E-state index contributed by atoms with van der Waals surface area (Å²) in [4.78, 5) is 11.2. The number of benzene rings is 1. The highest BCUT2D eigenvalue weighted by molar-refractivity contribution is 6.32. The number of aryl methyl sites for hydroxylation is 1. The molecule has 1 rings (SSSR count). The van der Waals surface area contributed by atoms with Gasteiger partial charge >= 0.3 is 0 Å². The molecule has 0 aliphatic rings. The van der Waals surface area contributed by atoms with E-state index in [1.165, 1.54) is 0 Å². The summed E-state index contributed by atoms with van der Waals surface area (Å²) in [5.41, 5.74) is 6.28. The van der Waals surface area contributed by atoms with Crippen molar-refractivity contribution < 1.29 is 9.53 Å². The van der Waals surface area contributed by atoms with Crippen molar-refractivity contribution >= 4 is 17.5 Å². The summed E-state index contributed by atoms with van der Waals surface area (Å²) in [6, 6.07) is 5.41. The normalized spacial score (nSPS) is 9.94. The summed E-state index contributed by atoms with van der Waals surface area (Å²) < 4.78 is 5.29. The molecule has 5 heteroatoms. The van der Waals surface area contributed by atoms with Crippen LogP contribution in [0.2, 0.25) is 5.02 Å². The predicted molar refractivity (Wildman–Crippen MR) is 63.7 cm³/mol. The number of carbonyl (C=O) groups is 1. The van der Waals surface area contributed by atoms with Crippen molar-refractivity contribution in [2.45, 2.75) is 6.92 Å². The zero-order valence-electron chi connectivity index (χ0n) is 9.13. The van der Waals surface area contributed by atoms with E-state index in [9.17, 15) is 4.79 Å². The Morgan fingerprint density at radius 2 is 2.31 bits per heavy atom. The molecule has 0 radical (unpaired) electrons. The topological polar surface area (TPSA) is 64.3 Å². The molecule has 88 valence electrons. The SMILES string of the molecule is Cc1ccc(Cl)c(OCC(=O)NCCN)c1. The maximum Gasteiger partial charge on any atom is 0.257 e. The van der Waals surface area contributed by atoms with Gasteiger partial charge < -0.3 is 15.8 Å². The van der Waals surface area contributed by atoms with Crippen LogP contribution in [-0.2, 0) is 4.79 Å². The van der Waals surface area contributed by atoms with Gasteiger partial charge in [0.1, 0.15) is 5.75 Å². The van der Waals surface area contributed by atoms with E-state index in [-0.39, 0.29) is 12.5 Å². The molecule has 0 spiro atoms. The van der Waals surface area contributed by atoms with Gasteiger partial charge in [0.25, 0.3) is 5.91 Å². The molecule has 1 amide bonds. The van der Waals surface area contributed by atoms with Crippen LogP contribution in [0.4, 0.5) is 0 Å². The number of ether oxygens (including phenoxy) is 1. The van der Waals surface area contributed by atoms with Gasteiger partial charge in [-0.3, -0.25) is 4.79 Å². The Balaban J connectivity index is 2.47. The second kappa shape index (κ2) is 6.35. The Hall–Kier alpha value is -1.26. The number of nitrogens with one attached hydrogen (secondary N) is 1. The maximum atomic E-state index is 11.2. The minimum atomic E-state index is -0.206. The van der Waals surface area contributed by atoms with Crippen LogP contribution in [0.15, 0.2) is 18.2 Å². The minimum Gasteiger partial charge on any atom is -0.482 e. The van der Waals surface area contributed by atoms with Crippen LogP contribution in [-0.4, -0.2) is 25.6 Å². The lowest BCUT2D eigenvalue weighted by atomic mass is 10.2. The molecule has 0 saturated carbocycles. The first-order valence-electron chi connectivity index (χ1n) is 4.99. The molecule has 0 aliphatic carbocycles. The van der Waals surface area contributed by atoms with Crippen LogP contribution >= 0.6 is 11.6 Å². The molecule has 0 fully saturated rings. The van der Waals surface area contributed by atoms with Crippen molar-refractivity contribution in [3.63, 3.8) is 0 Å². The van der Waals surface area contributed by atoms with Crippen LogP contribution in [0, 0.1) is 6.92 Å². The van der Waals surface area contributed by atoms with E-state index in [1.54, 1.807) is 12.1 Å². The minimum absolute atomic E-state index is 0.0524. The highest BCUT2D eigenvalue weighted by Gasteiger charge is 2.05. The third kappa shape index (κ3) is 4.08. The number of carbonyl (C=O) groups excluding carboxylic acids is 1. The van der Waals surface area contributed by atoms with Gasteiger partial charge in [-0.2, -0.15) is 0 Å². The van der Waals surface area contributed by atoms with Crippen LogP contribution in [0.1, 0.15) is 5.56 Å². The zero-order chi connectivity index (χ0) is 12.0. The molecule has 0 aromatic heterocycles. The first-order chi connectivity index (χ1) is 7.63. The fourth-order valence-corrected chi connectivity index (χ4v) is 1.30. The fraction of sp³-hybridized carbons (Fsp3) is 0.364. The highest BCUT2D eigenvalue weighted by atomic mass is 35.5. The Morgan fingerprint density at radius 1 is 1.56 bits per heavy atom. The molecular formula is C11H15ClN2O2. The zero-order valence-corrected chi connectivity index (χ0v) is 9.88. The van der Waals surface area contributed by atoms with E-state index in [1.807, 2.05) is 13.0 Å². The maximum absolute atomic E-state index is 11.2. The Bertz CT molecular complexity index is 369. The number of halogens is 1. The van der Waals surface area contributed by atoms with Crippen molar-refractivity contribution in [1.82, 2.24) is 5.32 Å². The van der Waals surface area contributed by atoms with E-state index < -0.39 is 0 Å². The Kier molecular flexibility index (Phi) is 5.08. The van der Waals surface area contributed by atoms with Crippen LogP contribution in [0.5, 0.6) is 5.75 Å². The molecule has 0 unspecified atom stereocenters. The van der Waals surface area contributed by atoms with E-state index >= 15 is 0 Å². The van der Waals surface area contributed by atoms with Gasteiger partial charge in [-0.15, -0.1) is 0 Å². The van der Waals surface area contributed by atoms with E-state index in [4.69, 9.17) is 22.1 Å². The molecule has 0 aliphatic heterocycles. The van der Waals surface area contributed by atoms with Gasteiger partial charge in [0.15, 0.2) is 6.61 Å². The number of hydrogen-bond acceptors (Lipinski definition) is 3. The average Bonchev–Trinajstić information content (AvgIpc) is 2.27. The lowest BCUT2D eigenvalue weighted by molar-refractivity contribution is -0.123. The molecule has 0 atom stereocenters. The Morgan fingerprint density at radius 3 is 3.00 bits per heavy atom. The number of hydrogen-bond donors (Lipinski definition) is 2. The van der Waals surface area contributed by atoms with Crippen molar-refractivity contribution in [3.05, 3.63) is 28.8 Å². The second-order valence-corrected chi connectivity index (χ2v) is 3.77. The Labute approximate surface area is 99.7 Å². The van der Waals surface area contributed by atoms with Gasteiger partial charge in [0.05, 0.1) is 5.02 Å². The largest absolute Gasteiger partial charge is 0.482 e. The van der Waals surface area contributed by atoms with Crippen molar-refractivity contribution in [2.75, 3.05) is 19.7 Å². The summed E-state index contributed by atoms with van der Waals surface area (Å²) in [6.07, 6.45) is 0. The smallest absolute Gasteiger partial charge is 0.257 e. The second-order valence-electron chi connectivity index (χ2n) is 3.36. The van der Waals surface area contributed by atoms with Crippen molar-refractivity contribution in [3.8, 4) is 5.75 Å². The lowest BCUT2D eigenvalue weighted by Gasteiger charge is -2.08. The first-order valence-corrected chi connectivity index (χ1v) is 5.37. The third-order valence-corrected chi connectivity index (χ3v) is 2.22. The summed E-state index contributed by atoms with van der Waals surface area (Å²) in [5, 5.41) is 3.10. The number of nitrogens with two attached hydrogens (primary N) is 1. The van der Waals surface area contributed by atoms with Crippen LogP contribution in [0.3, 0.4) is 0 Å². The standard InChI is InChI=1S/C11H15ClN2O2/c1-8-2-3-9(12)10(6-8)16-7-11(15)14-5-4-13/h2-3,6H,4-5,7,13H2,1H3,(H,14,15). The fourth-order valence-electron chi connectivity index (χ4n) is 1.13. The van der Waals surface area contributed by atoms with Gasteiger partial charge in [0, 0.05) is 13.1 Å². The summed E-state index contributed by atoms with van der Waals surface area (Å²) in [6.45, 7) is 2.74. The quantitative estimate of drug-likeness (QED) is 0.813. The molecule has 3 N–H and O–H groups in total. The van der Waals surface area contributed by atoms with Crippen LogP contribution < -0.4 is 15.8 Å². The molecule has 0 bridgehead atoms. The van der Waals surface area contributed by atoms with Gasteiger partial charge in [-0.25, -0.2) is 0 Å². The number of rotatable bonds is 5. The predicted octanol–water partition coefficient (Wildman–Crippen LogP) is 1.10. The van der Waals surface area contributed by atoms with E-state index in [0.717, 1.165) is 5.56 Å². The van der Waals surface area contributed by atoms with E-state index in [0.29, 0.717) is 23.9 Å². The highest BCUT2D eigenvalue weighted by Crippen LogP contribution is 2.24. The van der Waals surface area contributed by atoms with Gasteiger partial charge in [-0.1, -0.05) is 17.7 Å². The first kappa shape index (κ1) is 12.8. The lowest BCUT2D eigenvalue weighted by Crippen LogP contribution is -2.32. The number of amides is 1. The average molecular weight is 243 g/mol. The molecule has 1 aromatic rings. The molecule has 16 heavy (non-hydrogen) atoms. The van der Waals surface area contributed by atoms with Crippen LogP contribution in [0.25, 0.3) is 0 Å². The summed E-state index contributed by atoms with van der Waals surface area (Å²) in [5.74, 6) is 0.313. The van der Waals surface area contributed by atoms with Gasteiger partial charge in [-0.05, 0) is 24.6 Å². The van der Waals surface area contributed by atoms with E-state index in [2.05, 4.69) is 5.32 Å². The molecule has 4 nitrogen and oxygen atoms in total. The monoisotopic (exact) mass is 242 g/mol. The molecule has 1 aromatic carbocycles.